The van der Waals surface area contributed by atoms with E-state index in [2.05, 4.69) is 5.32 Å². The van der Waals surface area contributed by atoms with Crippen LogP contribution in [0.5, 0.6) is 0 Å². The summed E-state index contributed by atoms with van der Waals surface area (Å²) in [5.74, 6) is -0.323. The molecule has 0 aromatic heterocycles. The Balaban J connectivity index is 2.07. The average Bonchev–Trinajstić information content (AvgIpc) is 3.16. The van der Waals surface area contributed by atoms with E-state index in [9.17, 15) is 9.90 Å². The van der Waals surface area contributed by atoms with Gasteiger partial charge in [-0.3, -0.25) is 0 Å². The van der Waals surface area contributed by atoms with Crippen molar-refractivity contribution < 1.29 is 14.6 Å². The quantitative estimate of drug-likeness (QED) is 0.750. The number of aliphatic hydroxyl groups excluding tert-OH is 1. The Kier molecular flexibility index (Phi) is 3.45. The first kappa shape index (κ1) is 12.1. The summed E-state index contributed by atoms with van der Waals surface area (Å²) in [4.78, 5) is 11.5. The van der Waals surface area contributed by atoms with Crippen molar-refractivity contribution in [3.63, 3.8) is 0 Å². The van der Waals surface area contributed by atoms with Crippen LogP contribution in [0.25, 0.3) is 0 Å². The fourth-order valence-electron chi connectivity index (χ4n) is 1.81. The Bertz CT molecular complexity index is 413. The van der Waals surface area contributed by atoms with E-state index in [4.69, 9.17) is 4.74 Å². The molecule has 0 saturated heterocycles. The number of aliphatic hydroxyl groups is 1. The Morgan fingerprint density at radius 3 is 2.76 bits per heavy atom. The molecule has 1 aliphatic carbocycles. The summed E-state index contributed by atoms with van der Waals surface area (Å²) in [6, 6.07) is 7.35. The molecule has 4 heteroatoms. The van der Waals surface area contributed by atoms with Crippen molar-refractivity contribution in [1.29, 1.82) is 0 Å². The second-order valence-corrected chi connectivity index (χ2v) is 4.44. The molecule has 1 aromatic carbocycles. The van der Waals surface area contributed by atoms with E-state index in [1.807, 2.05) is 18.2 Å². The Morgan fingerprint density at radius 1 is 1.47 bits per heavy atom. The van der Waals surface area contributed by atoms with Gasteiger partial charge in [0, 0.05) is 12.1 Å². The highest BCUT2D eigenvalue weighted by molar-refractivity contribution is 5.90. The molecule has 2 rings (SSSR count). The SMILES string of the molecule is COC(=O)c1ccccc1CNC1(CO)CC1. The lowest BCUT2D eigenvalue weighted by molar-refractivity contribution is 0.0599. The minimum Gasteiger partial charge on any atom is -0.465 e. The van der Waals surface area contributed by atoms with Crippen LogP contribution in [0.15, 0.2) is 24.3 Å². The molecule has 0 heterocycles. The number of methoxy groups -OCH3 is 1. The second-order valence-electron chi connectivity index (χ2n) is 4.44. The van der Waals surface area contributed by atoms with E-state index >= 15 is 0 Å². The number of carbonyl (C=O) groups excluding carboxylic acids is 1. The number of benzene rings is 1. The maximum Gasteiger partial charge on any atom is 0.338 e. The van der Waals surface area contributed by atoms with E-state index < -0.39 is 0 Å². The molecule has 1 fully saturated rings. The van der Waals surface area contributed by atoms with Crippen LogP contribution in [0.1, 0.15) is 28.8 Å². The van der Waals surface area contributed by atoms with Crippen LogP contribution in [0, 0.1) is 0 Å². The lowest BCUT2D eigenvalue weighted by Crippen LogP contribution is -2.34. The topological polar surface area (TPSA) is 58.6 Å². The summed E-state index contributed by atoms with van der Waals surface area (Å²) in [5, 5.41) is 12.5. The molecule has 0 spiro atoms. The van der Waals surface area contributed by atoms with Gasteiger partial charge in [0.2, 0.25) is 0 Å². The molecule has 0 bridgehead atoms. The molecule has 17 heavy (non-hydrogen) atoms. The van der Waals surface area contributed by atoms with Crippen LogP contribution in [0.3, 0.4) is 0 Å². The van der Waals surface area contributed by atoms with Crippen molar-refractivity contribution in [1.82, 2.24) is 5.32 Å². The minimum absolute atomic E-state index is 0.122. The van der Waals surface area contributed by atoms with Crippen LogP contribution in [-0.2, 0) is 11.3 Å². The zero-order valence-corrected chi connectivity index (χ0v) is 9.90. The normalized spacial score (nSPS) is 16.6. The summed E-state index contributed by atoms with van der Waals surface area (Å²) >= 11 is 0. The monoisotopic (exact) mass is 235 g/mol. The van der Waals surface area contributed by atoms with Crippen LogP contribution >= 0.6 is 0 Å². The molecule has 0 atom stereocenters. The third kappa shape index (κ3) is 2.65. The first-order valence-electron chi connectivity index (χ1n) is 5.73. The van der Waals surface area contributed by atoms with Gasteiger partial charge >= 0.3 is 5.97 Å². The lowest BCUT2D eigenvalue weighted by Gasteiger charge is -2.15. The van der Waals surface area contributed by atoms with Crippen LogP contribution in [0.2, 0.25) is 0 Å². The van der Waals surface area contributed by atoms with Gasteiger partial charge < -0.3 is 15.2 Å². The Labute approximate surface area is 101 Å². The van der Waals surface area contributed by atoms with Crippen molar-refractivity contribution in [2.75, 3.05) is 13.7 Å². The summed E-state index contributed by atoms with van der Waals surface area (Å²) in [5.41, 5.74) is 1.36. The van der Waals surface area contributed by atoms with Gasteiger partial charge in [-0.2, -0.15) is 0 Å². The van der Waals surface area contributed by atoms with Gasteiger partial charge in [-0.25, -0.2) is 4.79 Å². The second kappa shape index (κ2) is 4.85. The Morgan fingerprint density at radius 2 is 2.18 bits per heavy atom. The van der Waals surface area contributed by atoms with Crippen molar-refractivity contribution in [2.45, 2.75) is 24.9 Å². The maximum atomic E-state index is 11.5. The van der Waals surface area contributed by atoms with Gasteiger partial charge in [0.15, 0.2) is 0 Å². The van der Waals surface area contributed by atoms with Crippen LogP contribution in [-0.4, -0.2) is 30.3 Å². The molecule has 4 nitrogen and oxygen atoms in total. The molecule has 0 unspecified atom stereocenters. The zero-order chi connectivity index (χ0) is 12.3. The highest BCUT2D eigenvalue weighted by Crippen LogP contribution is 2.34. The molecular formula is C13H17NO3. The summed E-state index contributed by atoms with van der Waals surface area (Å²) in [6.07, 6.45) is 1.98. The predicted molar refractivity (Wildman–Crippen MR) is 63.7 cm³/mol. The summed E-state index contributed by atoms with van der Waals surface area (Å²) < 4.78 is 4.73. The molecule has 1 aromatic rings. The molecule has 0 amide bonds. The number of hydrogen-bond donors (Lipinski definition) is 2. The molecule has 0 radical (unpaired) electrons. The van der Waals surface area contributed by atoms with Crippen molar-refractivity contribution in [3.05, 3.63) is 35.4 Å². The molecule has 2 N–H and O–H groups in total. The standard InChI is InChI=1S/C13H17NO3/c1-17-12(16)11-5-3-2-4-10(11)8-14-13(9-15)6-7-13/h2-5,14-15H,6-9H2,1H3. The molecule has 92 valence electrons. The number of esters is 1. The van der Waals surface area contributed by atoms with Crippen LogP contribution < -0.4 is 5.32 Å². The molecule has 0 aliphatic heterocycles. The Hall–Kier alpha value is -1.39. The van der Waals surface area contributed by atoms with E-state index in [0.29, 0.717) is 12.1 Å². The highest BCUT2D eigenvalue weighted by atomic mass is 16.5. The third-order valence-corrected chi connectivity index (χ3v) is 3.23. The first-order chi connectivity index (χ1) is 8.21. The minimum atomic E-state index is -0.323. The number of ether oxygens (including phenoxy) is 1. The summed E-state index contributed by atoms with van der Waals surface area (Å²) in [7, 11) is 1.38. The van der Waals surface area contributed by atoms with Gasteiger partial charge in [0.1, 0.15) is 0 Å². The zero-order valence-electron chi connectivity index (χ0n) is 9.90. The van der Waals surface area contributed by atoms with Gasteiger partial charge in [0.25, 0.3) is 0 Å². The molecular weight excluding hydrogens is 218 g/mol. The number of rotatable bonds is 5. The van der Waals surface area contributed by atoms with E-state index in [1.165, 1.54) is 7.11 Å². The van der Waals surface area contributed by atoms with Gasteiger partial charge in [0.05, 0.1) is 19.3 Å². The van der Waals surface area contributed by atoms with Gasteiger partial charge in [-0.1, -0.05) is 18.2 Å². The lowest BCUT2D eigenvalue weighted by atomic mass is 10.1. The molecule has 1 saturated carbocycles. The fourth-order valence-corrected chi connectivity index (χ4v) is 1.81. The largest absolute Gasteiger partial charge is 0.465 e. The van der Waals surface area contributed by atoms with E-state index in [0.717, 1.165) is 18.4 Å². The van der Waals surface area contributed by atoms with Crippen LogP contribution in [0.4, 0.5) is 0 Å². The van der Waals surface area contributed by atoms with Crippen molar-refractivity contribution in [2.24, 2.45) is 0 Å². The summed E-state index contributed by atoms with van der Waals surface area (Å²) in [6.45, 7) is 0.721. The van der Waals surface area contributed by atoms with Gasteiger partial charge in [-0.15, -0.1) is 0 Å². The van der Waals surface area contributed by atoms with Crippen molar-refractivity contribution >= 4 is 5.97 Å². The van der Waals surface area contributed by atoms with E-state index in [1.54, 1.807) is 6.07 Å². The number of hydrogen-bond acceptors (Lipinski definition) is 4. The average molecular weight is 235 g/mol. The molecule has 1 aliphatic rings. The van der Waals surface area contributed by atoms with Crippen molar-refractivity contribution in [3.8, 4) is 0 Å². The highest BCUT2D eigenvalue weighted by Gasteiger charge is 2.41. The maximum absolute atomic E-state index is 11.5. The smallest absolute Gasteiger partial charge is 0.338 e. The third-order valence-electron chi connectivity index (χ3n) is 3.23. The first-order valence-corrected chi connectivity index (χ1v) is 5.73. The van der Waals surface area contributed by atoms with E-state index in [-0.39, 0.29) is 18.1 Å². The predicted octanol–water partition coefficient (Wildman–Crippen LogP) is 1.09. The fraction of sp³-hybridized carbons (Fsp3) is 0.462. The number of nitrogens with one attached hydrogen (secondary N) is 1. The number of carbonyl (C=O) groups is 1. The van der Waals surface area contributed by atoms with Gasteiger partial charge in [-0.05, 0) is 24.5 Å².